The molecule has 11 heteroatoms. The lowest BCUT2D eigenvalue weighted by molar-refractivity contribution is 0.131. The van der Waals surface area contributed by atoms with Crippen molar-refractivity contribution in [1.82, 2.24) is 19.8 Å². The van der Waals surface area contributed by atoms with E-state index in [0.29, 0.717) is 54.2 Å². The maximum Gasteiger partial charge on any atom is 0.318 e. The lowest BCUT2D eigenvalue weighted by atomic mass is 9.93. The van der Waals surface area contributed by atoms with Crippen LogP contribution in [0.3, 0.4) is 0 Å². The molecule has 4 atom stereocenters. The fourth-order valence-corrected chi connectivity index (χ4v) is 8.11. The fourth-order valence-electron chi connectivity index (χ4n) is 8.11. The van der Waals surface area contributed by atoms with Crippen LogP contribution in [0, 0.1) is 24.0 Å². The Hall–Kier alpha value is -4.11. The molecular formula is C36H38F3N5O3. The van der Waals surface area contributed by atoms with E-state index in [-0.39, 0.29) is 52.7 Å². The minimum atomic E-state index is -0.648. The standard InChI is InChI=1S/C29H26F2N4O3.C7H12FN/c1-3-20-24(30)9-4-16-12-19(37)13-23(25(16)20)21-7-8-22-27(26(21)31)32-29(38-2)33-28(22)34-14-17-5-6-18(15-34)35(17)10-11-36;8-6-4-7-2-1-3-9(7)5-6/h1,4,7-9,12-13,17-18,36-37H,5-6,10-11,14-15H2,2H3;6-7H,1-5H2. The molecular weight excluding hydrogens is 607 g/mol. The number of phenolic OH excluding ortho intramolecular Hbond substituents is 1. The van der Waals surface area contributed by atoms with Gasteiger partial charge in [-0.3, -0.25) is 9.80 Å². The molecule has 3 aromatic carbocycles. The Balaban J connectivity index is 0.000000334. The third-order valence-corrected chi connectivity index (χ3v) is 10.2. The number of benzene rings is 3. The highest BCUT2D eigenvalue weighted by atomic mass is 19.1. The van der Waals surface area contributed by atoms with Crippen LogP contribution in [0.2, 0.25) is 0 Å². The zero-order valence-electron chi connectivity index (χ0n) is 26.3. The molecule has 4 unspecified atom stereocenters. The maximum absolute atomic E-state index is 16.3. The van der Waals surface area contributed by atoms with Gasteiger partial charge in [-0.05, 0) is 73.9 Å². The van der Waals surface area contributed by atoms with Gasteiger partial charge in [0, 0.05) is 60.6 Å². The number of methoxy groups -OCH3 is 1. The maximum atomic E-state index is 16.3. The molecule has 8 nitrogen and oxygen atoms in total. The third kappa shape index (κ3) is 5.73. The van der Waals surface area contributed by atoms with Crippen LogP contribution in [0.1, 0.15) is 37.7 Å². The Labute approximate surface area is 271 Å². The highest BCUT2D eigenvalue weighted by molar-refractivity contribution is 6.04. The number of hydrogen-bond donors (Lipinski definition) is 2. The topological polar surface area (TPSA) is 85.2 Å². The first-order chi connectivity index (χ1) is 22.8. The normalized spacial score (nSPS) is 24.0. The monoisotopic (exact) mass is 645 g/mol. The number of fused-ring (bicyclic) bond motifs is 5. The van der Waals surface area contributed by atoms with Gasteiger partial charge in [-0.2, -0.15) is 9.97 Å². The van der Waals surface area contributed by atoms with E-state index in [1.165, 1.54) is 44.2 Å². The van der Waals surface area contributed by atoms with Crippen molar-refractivity contribution < 1.29 is 28.1 Å². The van der Waals surface area contributed by atoms with E-state index in [0.717, 1.165) is 25.8 Å². The molecule has 0 aliphatic carbocycles. The summed E-state index contributed by atoms with van der Waals surface area (Å²) in [6.07, 6.45) is 10.5. The van der Waals surface area contributed by atoms with Gasteiger partial charge in [0.1, 0.15) is 29.1 Å². The fraction of sp³-hybridized carbons (Fsp3) is 0.444. The number of rotatable bonds is 5. The van der Waals surface area contributed by atoms with Crippen LogP contribution in [0.25, 0.3) is 32.8 Å². The number of aliphatic hydroxyl groups is 1. The molecule has 4 saturated heterocycles. The van der Waals surface area contributed by atoms with Crippen molar-refractivity contribution in [1.29, 1.82) is 0 Å². The lowest BCUT2D eigenvalue weighted by Crippen LogP contribution is -2.54. The Morgan fingerprint density at radius 3 is 2.49 bits per heavy atom. The van der Waals surface area contributed by atoms with Crippen LogP contribution >= 0.6 is 0 Å². The van der Waals surface area contributed by atoms with Crippen molar-refractivity contribution in [2.45, 2.75) is 56.4 Å². The molecule has 5 heterocycles. The second-order valence-corrected chi connectivity index (χ2v) is 12.9. The van der Waals surface area contributed by atoms with E-state index in [4.69, 9.17) is 11.2 Å². The van der Waals surface area contributed by atoms with Gasteiger partial charge in [-0.1, -0.05) is 18.1 Å². The minimum absolute atomic E-state index is 0.00539. The van der Waals surface area contributed by atoms with Gasteiger partial charge >= 0.3 is 6.01 Å². The van der Waals surface area contributed by atoms with Crippen LogP contribution in [0.4, 0.5) is 19.0 Å². The number of anilines is 1. The van der Waals surface area contributed by atoms with E-state index in [9.17, 15) is 19.0 Å². The molecule has 1 aromatic heterocycles. The molecule has 0 amide bonds. The number of aromatic nitrogens is 2. The third-order valence-electron chi connectivity index (χ3n) is 10.2. The molecule has 2 bridgehead atoms. The molecule has 47 heavy (non-hydrogen) atoms. The number of hydrogen-bond acceptors (Lipinski definition) is 8. The van der Waals surface area contributed by atoms with Crippen LogP contribution in [-0.2, 0) is 0 Å². The van der Waals surface area contributed by atoms with Gasteiger partial charge < -0.3 is 19.8 Å². The molecule has 4 fully saturated rings. The summed E-state index contributed by atoms with van der Waals surface area (Å²) >= 11 is 0. The highest BCUT2D eigenvalue weighted by Gasteiger charge is 2.40. The quantitative estimate of drug-likeness (QED) is 0.285. The average Bonchev–Trinajstić information content (AvgIpc) is 3.71. The molecule has 0 radical (unpaired) electrons. The summed E-state index contributed by atoms with van der Waals surface area (Å²) in [7, 11) is 1.43. The number of nitrogens with zero attached hydrogens (tertiary/aromatic N) is 5. The van der Waals surface area contributed by atoms with Crippen LogP contribution in [0.5, 0.6) is 11.8 Å². The minimum Gasteiger partial charge on any atom is -0.508 e. The Kier molecular flexibility index (Phi) is 8.59. The number of halogens is 3. The highest BCUT2D eigenvalue weighted by Crippen LogP contribution is 2.41. The predicted octanol–water partition coefficient (Wildman–Crippen LogP) is 5.26. The summed E-state index contributed by atoms with van der Waals surface area (Å²) in [5.74, 6) is 1.60. The van der Waals surface area contributed by atoms with Gasteiger partial charge in [0.05, 0.1) is 19.3 Å². The van der Waals surface area contributed by atoms with Crippen LogP contribution < -0.4 is 9.64 Å². The number of ether oxygens (including phenoxy) is 1. The van der Waals surface area contributed by atoms with Crippen LogP contribution in [-0.4, -0.2) is 101 Å². The number of aliphatic hydroxyl groups excluding tert-OH is 1. The van der Waals surface area contributed by atoms with Crippen molar-refractivity contribution in [3.63, 3.8) is 0 Å². The van der Waals surface area contributed by atoms with Crippen molar-refractivity contribution >= 4 is 27.5 Å². The van der Waals surface area contributed by atoms with Gasteiger partial charge in [-0.25, -0.2) is 13.2 Å². The lowest BCUT2D eigenvalue weighted by Gasteiger charge is -2.41. The van der Waals surface area contributed by atoms with E-state index in [1.54, 1.807) is 12.1 Å². The second kappa shape index (κ2) is 12.8. The predicted molar refractivity (Wildman–Crippen MR) is 175 cm³/mol. The van der Waals surface area contributed by atoms with E-state index in [1.807, 2.05) is 0 Å². The summed E-state index contributed by atoms with van der Waals surface area (Å²) in [5, 5.41) is 21.2. The van der Waals surface area contributed by atoms with Crippen molar-refractivity contribution in [2.75, 3.05) is 51.3 Å². The summed E-state index contributed by atoms with van der Waals surface area (Å²) in [4.78, 5) is 15.7. The first-order valence-corrected chi connectivity index (χ1v) is 16.3. The summed E-state index contributed by atoms with van der Waals surface area (Å²) in [6, 6.07) is 10.1. The first kappa shape index (κ1) is 31.5. The molecule has 4 aliphatic heterocycles. The molecule has 4 aromatic rings. The van der Waals surface area contributed by atoms with Gasteiger partial charge in [0.25, 0.3) is 0 Å². The zero-order valence-corrected chi connectivity index (χ0v) is 26.3. The van der Waals surface area contributed by atoms with E-state index in [2.05, 4.69) is 30.6 Å². The van der Waals surface area contributed by atoms with Gasteiger partial charge in [-0.15, -0.1) is 6.42 Å². The number of aromatic hydroxyl groups is 1. The SMILES string of the molecule is C#Cc1c(F)ccc2cc(O)cc(-c3ccc4c(N5CC6CCC(C5)N6CCO)nc(OC)nc4c3F)c12.FC1CC2CCCN2C1. The van der Waals surface area contributed by atoms with Gasteiger partial charge in [0.15, 0.2) is 5.82 Å². The van der Waals surface area contributed by atoms with Crippen molar-refractivity contribution in [3.8, 4) is 35.2 Å². The smallest absolute Gasteiger partial charge is 0.318 e. The van der Waals surface area contributed by atoms with E-state index >= 15 is 4.39 Å². The molecule has 0 saturated carbocycles. The number of alkyl halides is 1. The zero-order chi connectivity index (χ0) is 32.8. The molecule has 0 spiro atoms. The Bertz CT molecular complexity index is 1840. The summed E-state index contributed by atoms with van der Waals surface area (Å²) in [5.41, 5.74) is 0.445. The molecule has 4 aliphatic rings. The summed E-state index contributed by atoms with van der Waals surface area (Å²) < 4.78 is 48.9. The average molecular weight is 646 g/mol. The van der Waals surface area contributed by atoms with Gasteiger partial charge in [0.2, 0.25) is 0 Å². The summed E-state index contributed by atoms with van der Waals surface area (Å²) in [6.45, 7) is 3.98. The Morgan fingerprint density at radius 1 is 1.00 bits per heavy atom. The Morgan fingerprint density at radius 2 is 1.79 bits per heavy atom. The molecule has 246 valence electrons. The number of piperazine rings is 1. The van der Waals surface area contributed by atoms with Crippen molar-refractivity contribution in [2.24, 2.45) is 0 Å². The second-order valence-electron chi connectivity index (χ2n) is 12.9. The number of phenols is 1. The molecule has 8 rings (SSSR count). The first-order valence-electron chi connectivity index (χ1n) is 16.3. The number of terminal acetylenes is 1. The molecule has 2 N–H and O–H groups in total. The van der Waals surface area contributed by atoms with E-state index < -0.39 is 17.8 Å². The largest absolute Gasteiger partial charge is 0.508 e. The van der Waals surface area contributed by atoms with Crippen LogP contribution in [0.15, 0.2) is 36.4 Å². The van der Waals surface area contributed by atoms with Crippen molar-refractivity contribution in [3.05, 3.63) is 53.6 Å².